The smallest absolute Gasteiger partial charge is 0.243 e. The molecule has 2 aliphatic carbocycles. The number of hydrogen-bond donors (Lipinski definition) is 0. The molecule has 0 bridgehead atoms. The van der Waals surface area contributed by atoms with Crippen LogP contribution in [-0.4, -0.2) is 32.4 Å². The first-order valence-electron chi connectivity index (χ1n) is 12.2. The maximum atomic E-state index is 14.0. The lowest BCUT2D eigenvalue weighted by molar-refractivity contribution is -0.138. The third-order valence-corrected chi connectivity index (χ3v) is 7.25. The Balaban J connectivity index is 1.51. The Morgan fingerprint density at radius 3 is 2.22 bits per heavy atom. The summed E-state index contributed by atoms with van der Waals surface area (Å²) in [6, 6.07) is 15.1. The molecule has 4 nitrogen and oxygen atoms in total. The number of amides is 1. The van der Waals surface area contributed by atoms with Crippen LogP contribution in [0.3, 0.4) is 0 Å². The molecule has 2 aliphatic rings. The molecule has 0 radical (unpaired) electrons. The molecule has 32 heavy (non-hydrogen) atoms. The maximum absolute atomic E-state index is 14.0. The molecule has 2 aromatic carbocycles. The Morgan fingerprint density at radius 2 is 1.56 bits per heavy atom. The van der Waals surface area contributed by atoms with Gasteiger partial charge in [0.2, 0.25) is 5.91 Å². The SMILES string of the molecule is O=C(Cn1c(-c2cccc(F)c2)nc2ccccc21)N(C1CCCCC1)C1CCCCC1. The van der Waals surface area contributed by atoms with Gasteiger partial charge in [-0.15, -0.1) is 0 Å². The zero-order chi connectivity index (χ0) is 21.9. The zero-order valence-corrected chi connectivity index (χ0v) is 18.7. The summed E-state index contributed by atoms with van der Waals surface area (Å²) >= 11 is 0. The lowest BCUT2D eigenvalue weighted by Gasteiger charge is -2.42. The van der Waals surface area contributed by atoms with Crippen molar-refractivity contribution in [2.45, 2.75) is 82.8 Å². The molecule has 5 rings (SSSR count). The van der Waals surface area contributed by atoms with E-state index in [-0.39, 0.29) is 18.3 Å². The van der Waals surface area contributed by atoms with E-state index in [0.29, 0.717) is 23.5 Å². The topological polar surface area (TPSA) is 38.1 Å². The van der Waals surface area contributed by atoms with Gasteiger partial charge >= 0.3 is 0 Å². The van der Waals surface area contributed by atoms with Gasteiger partial charge in [-0.25, -0.2) is 9.37 Å². The minimum absolute atomic E-state index is 0.185. The predicted molar refractivity (Wildman–Crippen MR) is 126 cm³/mol. The van der Waals surface area contributed by atoms with Crippen molar-refractivity contribution in [2.75, 3.05) is 0 Å². The van der Waals surface area contributed by atoms with Crippen molar-refractivity contribution in [3.63, 3.8) is 0 Å². The van der Waals surface area contributed by atoms with E-state index in [1.54, 1.807) is 6.07 Å². The van der Waals surface area contributed by atoms with E-state index in [1.165, 1.54) is 50.7 Å². The summed E-state index contributed by atoms with van der Waals surface area (Å²) in [6.07, 6.45) is 11.9. The van der Waals surface area contributed by atoms with E-state index < -0.39 is 0 Å². The van der Waals surface area contributed by atoms with Crippen LogP contribution < -0.4 is 0 Å². The molecule has 1 aromatic heterocycles. The van der Waals surface area contributed by atoms with Crippen molar-refractivity contribution in [1.82, 2.24) is 14.5 Å². The number of imidazole rings is 1. The minimum Gasteiger partial charge on any atom is -0.335 e. The number of carbonyl (C=O) groups excluding carboxylic acids is 1. The highest BCUT2D eigenvalue weighted by Crippen LogP contribution is 2.32. The Morgan fingerprint density at radius 1 is 0.906 bits per heavy atom. The number of aromatic nitrogens is 2. The van der Waals surface area contributed by atoms with Gasteiger partial charge in [0.05, 0.1) is 11.0 Å². The fourth-order valence-electron chi connectivity index (χ4n) is 5.72. The molecular weight excluding hydrogens is 401 g/mol. The van der Waals surface area contributed by atoms with Crippen molar-refractivity contribution in [3.8, 4) is 11.4 Å². The van der Waals surface area contributed by atoms with Crippen LogP contribution in [0, 0.1) is 5.82 Å². The van der Waals surface area contributed by atoms with Crippen LogP contribution in [0.25, 0.3) is 22.4 Å². The molecule has 1 heterocycles. The minimum atomic E-state index is -0.293. The van der Waals surface area contributed by atoms with Crippen LogP contribution in [-0.2, 0) is 11.3 Å². The van der Waals surface area contributed by atoms with Gasteiger partial charge in [0.25, 0.3) is 0 Å². The van der Waals surface area contributed by atoms with E-state index in [4.69, 9.17) is 4.98 Å². The van der Waals surface area contributed by atoms with Gasteiger partial charge in [-0.1, -0.05) is 62.8 Å². The van der Waals surface area contributed by atoms with Gasteiger partial charge in [-0.05, 0) is 49.9 Å². The third-order valence-electron chi connectivity index (χ3n) is 7.25. The Labute approximate surface area is 189 Å². The average Bonchev–Trinajstić information content (AvgIpc) is 3.19. The molecule has 168 valence electrons. The Bertz CT molecular complexity index is 1060. The summed E-state index contributed by atoms with van der Waals surface area (Å²) < 4.78 is 16.0. The molecule has 0 spiro atoms. The highest BCUT2D eigenvalue weighted by Gasteiger charge is 2.33. The second-order valence-corrected chi connectivity index (χ2v) is 9.41. The second-order valence-electron chi connectivity index (χ2n) is 9.41. The first-order valence-corrected chi connectivity index (χ1v) is 12.2. The first kappa shape index (κ1) is 21.2. The predicted octanol–water partition coefficient (Wildman–Crippen LogP) is 6.34. The molecule has 3 aromatic rings. The molecule has 2 saturated carbocycles. The van der Waals surface area contributed by atoms with Crippen LogP contribution in [0.5, 0.6) is 0 Å². The van der Waals surface area contributed by atoms with Crippen molar-refractivity contribution in [1.29, 1.82) is 0 Å². The van der Waals surface area contributed by atoms with Crippen molar-refractivity contribution in [3.05, 3.63) is 54.3 Å². The Hall–Kier alpha value is -2.69. The molecule has 0 unspecified atom stereocenters. The quantitative estimate of drug-likeness (QED) is 0.471. The number of benzene rings is 2. The number of fused-ring (bicyclic) bond motifs is 1. The fraction of sp³-hybridized carbons (Fsp3) is 0.481. The first-order chi connectivity index (χ1) is 15.7. The standard InChI is InChI=1S/C27H32FN3O/c28-21-11-9-10-20(18-21)27-29-24-16-7-8-17-25(24)30(27)19-26(32)31(22-12-3-1-4-13-22)23-14-5-2-6-15-23/h7-11,16-18,22-23H,1-6,12-15,19H2. The molecule has 0 saturated heterocycles. The van der Waals surface area contributed by atoms with Gasteiger partial charge in [0.1, 0.15) is 18.2 Å². The number of rotatable bonds is 5. The van der Waals surface area contributed by atoms with Gasteiger partial charge in [-0.3, -0.25) is 4.79 Å². The highest BCUT2D eigenvalue weighted by atomic mass is 19.1. The summed E-state index contributed by atoms with van der Waals surface area (Å²) in [4.78, 5) is 20.9. The normalized spacial score (nSPS) is 18.2. The van der Waals surface area contributed by atoms with Gasteiger partial charge in [-0.2, -0.15) is 0 Å². The maximum Gasteiger partial charge on any atom is 0.243 e. The van der Waals surface area contributed by atoms with E-state index in [2.05, 4.69) is 4.90 Å². The number of hydrogen-bond acceptors (Lipinski definition) is 2. The summed E-state index contributed by atoms with van der Waals surface area (Å²) in [5.41, 5.74) is 2.46. The van der Waals surface area contributed by atoms with E-state index in [0.717, 1.165) is 36.7 Å². The lowest BCUT2D eigenvalue weighted by Crippen LogP contribution is -2.50. The molecule has 2 fully saturated rings. The number of halogens is 1. The summed E-state index contributed by atoms with van der Waals surface area (Å²) in [5.74, 6) is 0.550. The second kappa shape index (κ2) is 9.43. The van der Waals surface area contributed by atoms with Crippen LogP contribution in [0.4, 0.5) is 4.39 Å². The van der Waals surface area contributed by atoms with Crippen molar-refractivity contribution in [2.24, 2.45) is 0 Å². The number of carbonyl (C=O) groups is 1. The highest BCUT2D eigenvalue weighted by molar-refractivity contribution is 5.84. The largest absolute Gasteiger partial charge is 0.335 e. The molecule has 0 aliphatic heterocycles. The van der Waals surface area contributed by atoms with Crippen molar-refractivity contribution >= 4 is 16.9 Å². The van der Waals surface area contributed by atoms with Crippen LogP contribution in [0.15, 0.2) is 48.5 Å². The molecule has 1 amide bonds. The third kappa shape index (κ3) is 4.30. The molecule has 0 N–H and O–H groups in total. The average molecular weight is 434 g/mol. The summed E-state index contributed by atoms with van der Waals surface area (Å²) in [5, 5.41) is 0. The van der Waals surface area contributed by atoms with E-state index in [1.807, 2.05) is 34.9 Å². The molecule has 0 atom stereocenters. The van der Waals surface area contributed by atoms with Gasteiger partial charge in [0.15, 0.2) is 0 Å². The lowest BCUT2D eigenvalue weighted by atomic mass is 9.88. The summed E-state index contributed by atoms with van der Waals surface area (Å²) in [7, 11) is 0. The van der Waals surface area contributed by atoms with Crippen LogP contribution in [0.1, 0.15) is 64.2 Å². The monoisotopic (exact) mass is 433 g/mol. The van der Waals surface area contributed by atoms with E-state index in [9.17, 15) is 9.18 Å². The summed E-state index contributed by atoms with van der Waals surface area (Å²) in [6.45, 7) is 0.249. The van der Waals surface area contributed by atoms with Crippen LogP contribution >= 0.6 is 0 Å². The Kier molecular flexibility index (Phi) is 6.24. The zero-order valence-electron chi connectivity index (χ0n) is 18.7. The number of para-hydroxylation sites is 2. The van der Waals surface area contributed by atoms with Crippen LogP contribution in [0.2, 0.25) is 0 Å². The van der Waals surface area contributed by atoms with Crippen molar-refractivity contribution < 1.29 is 9.18 Å². The number of nitrogens with zero attached hydrogens (tertiary/aromatic N) is 3. The van der Waals surface area contributed by atoms with Gasteiger partial charge in [0, 0.05) is 17.6 Å². The fourth-order valence-corrected chi connectivity index (χ4v) is 5.72. The van der Waals surface area contributed by atoms with E-state index >= 15 is 0 Å². The van der Waals surface area contributed by atoms with Gasteiger partial charge < -0.3 is 9.47 Å². The molecular formula is C27H32FN3O. The molecule has 5 heteroatoms.